The molecule has 2 heterocycles. The van der Waals surface area contributed by atoms with Gasteiger partial charge in [-0.25, -0.2) is 4.39 Å². The van der Waals surface area contributed by atoms with Crippen molar-refractivity contribution < 1.29 is 23.1 Å². The van der Waals surface area contributed by atoms with Crippen LogP contribution >= 0.6 is 0 Å². The molecule has 0 saturated heterocycles. The zero-order valence-electron chi connectivity index (χ0n) is 19.5. The average Bonchev–Trinajstić information content (AvgIpc) is 3.29. The lowest BCUT2D eigenvalue weighted by atomic mass is 10.1. The number of carbonyl (C=O) groups excluding carboxylic acids is 1. The van der Waals surface area contributed by atoms with Crippen molar-refractivity contribution in [1.82, 2.24) is 10.3 Å². The molecule has 0 fully saturated rings. The summed E-state index contributed by atoms with van der Waals surface area (Å²) in [7, 11) is 1.62. The van der Waals surface area contributed by atoms with Crippen molar-refractivity contribution >= 4 is 27.8 Å². The van der Waals surface area contributed by atoms with E-state index >= 15 is 0 Å². The van der Waals surface area contributed by atoms with Crippen LogP contribution in [0.5, 0.6) is 11.5 Å². The molecule has 0 radical (unpaired) electrons. The number of aromatic nitrogens is 1. The highest BCUT2D eigenvalue weighted by atomic mass is 19.1. The van der Waals surface area contributed by atoms with E-state index in [1.165, 1.54) is 12.1 Å². The van der Waals surface area contributed by atoms with E-state index in [9.17, 15) is 14.0 Å². The molecule has 7 nitrogen and oxygen atoms in total. The van der Waals surface area contributed by atoms with Gasteiger partial charge in [-0.05, 0) is 60.0 Å². The highest BCUT2D eigenvalue weighted by Gasteiger charge is 2.15. The highest BCUT2D eigenvalue weighted by molar-refractivity contribution is 5.94. The van der Waals surface area contributed by atoms with Crippen LogP contribution in [-0.4, -0.2) is 24.5 Å². The van der Waals surface area contributed by atoms with E-state index in [4.69, 9.17) is 13.9 Å². The third-order valence-corrected chi connectivity index (χ3v) is 5.88. The molecule has 5 rings (SSSR count). The summed E-state index contributed by atoms with van der Waals surface area (Å²) in [4.78, 5) is 28.8. The Balaban J connectivity index is 1.29. The predicted molar refractivity (Wildman–Crippen MR) is 134 cm³/mol. The number of nitrogens with one attached hydrogen (secondary N) is 2. The number of aromatic amines is 1. The van der Waals surface area contributed by atoms with E-state index in [-0.39, 0.29) is 29.2 Å². The van der Waals surface area contributed by atoms with E-state index in [2.05, 4.69) is 10.3 Å². The number of ether oxygens (including phenoxy) is 2. The molecular formula is C28H23FN2O5. The first-order valence-corrected chi connectivity index (χ1v) is 11.4. The standard InChI is InChI=1S/C28H23FN2O5/c1-34-20-8-9-22-21(13-20)18(15-31-22)10-11-30-28(33)26-14-23(32)27-24(6-3-7-25(27)36-26)35-16-17-4-2-5-19(29)12-17/h2-9,12-15,31H,10-11,16H2,1H3,(H,30,33). The number of amides is 1. The zero-order valence-corrected chi connectivity index (χ0v) is 19.5. The summed E-state index contributed by atoms with van der Waals surface area (Å²) < 4.78 is 30.2. The molecular weight excluding hydrogens is 463 g/mol. The van der Waals surface area contributed by atoms with Gasteiger partial charge in [0.25, 0.3) is 5.91 Å². The fourth-order valence-electron chi connectivity index (χ4n) is 4.09. The Labute approximate surface area is 205 Å². The number of halogens is 1. The van der Waals surface area contributed by atoms with Gasteiger partial charge in [0, 0.05) is 29.7 Å². The number of rotatable bonds is 8. The van der Waals surface area contributed by atoms with Gasteiger partial charge in [-0.2, -0.15) is 0 Å². The fourth-order valence-corrected chi connectivity index (χ4v) is 4.09. The number of carbonyl (C=O) groups is 1. The zero-order chi connectivity index (χ0) is 25.1. The summed E-state index contributed by atoms with van der Waals surface area (Å²) in [5, 5.41) is 4.05. The number of hydrogen-bond acceptors (Lipinski definition) is 5. The molecule has 0 aliphatic rings. The minimum absolute atomic E-state index is 0.0816. The van der Waals surface area contributed by atoms with Gasteiger partial charge in [0.1, 0.15) is 34.9 Å². The topological polar surface area (TPSA) is 93.6 Å². The van der Waals surface area contributed by atoms with Crippen molar-refractivity contribution in [3.8, 4) is 11.5 Å². The van der Waals surface area contributed by atoms with Gasteiger partial charge in [0.05, 0.1) is 7.11 Å². The largest absolute Gasteiger partial charge is 0.497 e. The van der Waals surface area contributed by atoms with Crippen LogP contribution in [0.2, 0.25) is 0 Å². The second kappa shape index (κ2) is 9.95. The minimum atomic E-state index is -0.488. The van der Waals surface area contributed by atoms with Crippen LogP contribution in [-0.2, 0) is 13.0 Å². The lowest BCUT2D eigenvalue weighted by molar-refractivity contribution is 0.0927. The maximum atomic E-state index is 13.4. The summed E-state index contributed by atoms with van der Waals surface area (Å²) in [6, 6.07) is 17.8. The highest BCUT2D eigenvalue weighted by Crippen LogP contribution is 2.25. The summed E-state index contributed by atoms with van der Waals surface area (Å²) in [6.07, 6.45) is 2.48. The van der Waals surface area contributed by atoms with Crippen molar-refractivity contribution in [2.75, 3.05) is 13.7 Å². The molecule has 1 amide bonds. The lowest BCUT2D eigenvalue weighted by Gasteiger charge is -2.10. The number of H-pyrrole nitrogens is 1. The van der Waals surface area contributed by atoms with Crippen molar-refractivity contribution in [2.24, 2.45) is 0 Å². The second-order valence-electron chi connectivity index (χ2n) is 8.25. The molecule has 0 atom stereocenters. The van der Waals surface area contributed by atoms with E-state index in [1.54, 1.807) is 37.4 Å². The summed E-state index contributed by atoms with van der Waals surface area (Å²) in [6.45, 7) is 0.430. The molecule has 0 unspecified atom stereocenters. The first kappa shape index (κ1) is 23.2. The van der Waals surface area contributed by atoms with E-state index in [1.807, 2.05) is 24.4 Å². The molecule has 0 bridgehead atoms. The van der Waals surface area contributed by atoms with Gasteiger partial charge in [-0.1, -0.05) is 18.2 Å². The molecule has 5 aromatic rings. The van der Waals surface area contributed by atoms with E-state index in [0.717, 1.165) is 28.3 Å². The van der Waals surface area contributed by atoms with Crippen molar-refractivity contribution in [2.45, 2.75) is 13.0 Å². The van der Waals surface area contributed by atoms with Crippen molar-refractivity contribution in [3.05, 3.63) is 106 Å². The van der Waals surface area contributed by atoms with Gasteiger partial charge in [-0.15, -0.1) is 0 Å². The third kappa shape index (κ3) is 4.79. The number of benzene rings is 3. The average molecular weight is 486 g/mol. The Hall–Kier alpha value is -4.59. The first-order valence-electron chi connectivity index (χ1n) is 11.4. The number of methoxy groups -OCH3 is 1. The Morgan fingerprint density at radius 2 is 1.94 bits per heavy atom. The van der Waals surface area contributed by atoms with Gasteiger partial charge in [0.2, 0.25) is 0 Å². The van der Waals surface area contributed by atoms with Crippen LogP contribution in [0.15, 0.2) is 82.1 Å². The Bertz CT molecular complexity index is 1620. The molecule has 2 N–H and O–H groups in total. The molecule has 0 saturated carbocycles. The van der Waals surface area contributed by atoms with Crippen molar-refractivity contribution in [3.63, 3.8) is 0 Å². The van der Waals surface area contributed by atoms with Crippen LogP contribution in [0.4, 0.5) is 4.39 Å². The van der Waals surface area contributed by atoms with Crippen LogP contribution in [0.1, 0.15) is 21.7 Å². The molecule has 36 heavy (non-hydrogen) atoms. The molecule has 2 aromatic heterocycles. The predicted octanol–water partition coefficient (Wildman–Crippen LogP) is 4.97. The van der Waals surface area contributed by atoms with E-state index in [0.29, 0.717) is 24.3 Å². The summed E-state index contributed by atoms with van der Waals surface area (Å²) >= 11 is 0. The number of fused-ring (bicyclic) bond motifs is 2. The van der Waals surface area contributed by atoms with E-state index < -0.39 is 11.3 Å². The normalized spacial score (nSPS) is 11.1. The Morgan fingerprint density at radius 3 is 2.78 bits per heavy atom. The maximum Gasteiger partial charge on any atom is 0.287 e. The monoisotopic (exact) mass is 486 g/mol. The van der Waals surface area contributed by atoms with Crippen molar-refractivity contribution in [1.29, 1.82) is 0 Å². The van der Waals surface area contributed by atoms with Gasteiger partial charge in [0.15, 0.2) is 11.2 Å². The van der Waals surface area contributed by atoms with Crippen LogP contribution in [0.3, 0.4) is 0 Å². The quantitative estimate of drug-likeness (QED) is 0.323. The lowest BCUT2D eigenvalue weighted by Crippen LogP contribution is -2.26. The first-order chi connectivity index (χ1) is 17.5. The Morgan fingerprint density at radius 1 is 1.08 bits per heavy atom. The smallest absolute Gasteiger partial charge is 0.287 e. The molecule has 0 spiro atoms. The third-order valence-electron chi connectivity index (χ3n) is 5.88. The van der Waals surface area contributed by atoms with Gasteiger partial charge in [-0.3, -0.25) is 9.59 Å². The molecule has 8 heteroatoms. The van der Waals surface area contributed by atoms with Crippen LogP contribution in [0, 0.1) is 5.82 Å². The van der Waals surface area contributed by atoms with Gasteiger partial charge >= 0.3 is 0 Å². The number of hydrogen-bond donors (Lipinski definition) is 2. The molecule has 0 aliphatic carbocycles. The van der Waals surface area contributed by atoms with Gasteiger partial charge < -0.3 is 24.2 Å². The van der Waals surface area contributed by atoms with Crippen LogP contribution < -0.4 is 20.2 Å². The SMILES string of the molecule is COc1ccc2[nH]cc(CCNC(=O)c3cc(=O)c4c(OCc5cccc(F)c5)cccc4o3)c2c1. The van der Waals surface area contributed by atoms with Crippen LogP contribution in [0.25, 0.3) is 21.9 Å². The summed E-state index contributed by atoms with van der Waals surface area (Å²) in [5.41, 5.74) is 2.46. The molecule has 0 aliphatic heterocycles. The second-order valence-corrected chi connectivity index (χ2v) is 8.25. The fraction of sp³-hybridized carbons (Fsp3) is 0.143. The summed E-state index contributed by atoms with van der Waals surface area (Å²) in [5.74, 6) is 0.110. The molecule has 3 aromatic carbocycles. The minimum Gasteiger partial charge on any atom is -0.497 e. The Kier molecular flexibility index (Phi) is 6.40. The maximum absolute atomic E-state index is 13.4. The molecule has 182 valence electrons.